The minimum atomic E-state index is 0.0344. The molecule has 0 bridgehead atoms. The number of anilines is 1. The van der Waals surface area contributed by atoms with Gasteiger partial charge in [-0.1, -0.05) is 30.3 Å². The van der Waals surface area contributed by atoms with Crippen molar-refractivity contribution in [1.82, 2.24) is 19.8 Å². The number of carbonyl (C=O) groups excluding carboxylic acids is 1. The normalized spacial score (nSPS) is 14.4. The Morgan fingerprint density at radius 3 is 2.24 bits per heavy atom. The third-order valence-corrected chi connectivity index (χ3v) is 5.78. The topological polar surface area (TPSA) is 84.6 Å². The van der Waals surface area contributed by atoms with Gasteiger partial charge in [-0.2, -0.15) is 0 Å². The Kier molecular flexibility index (Phi) is 5.87. The molecule has 5 rings (SSSR count). The highest BCUT2D eigenvalue weighted by Crippen LogP contribution is 2.22. The van der Waals surface area contributed by atoms with Crippen LogP contribution in [0.1, 0.15) is 16.2 Å². The van der Waals surface area contributed by atoms with E-state index in [1.807, 2.05) is 83.8 Å². The highest BCUT2D eigenvalue weighted by atomic mass is 16.5. The van der Waals surface area contributed by atoms with Crippen molar-refractivity contribution in [3.8, 4) is 11.5 Å². The Morgan fingerprint density at radius 2 is 1.48 bits per heavy atom. The number of piperazine rings is 1. The van der Waals surface area contributed by atoms with Gasteiger partial charge in [0.05, 0.1) is 12.1 Å². The summed E-state index contributed by atoms with van der Waals surface area (Å²) >= 11 is 0. The first-order valence-corrected chi connectivity index (χ1v) is 11.0. The van der Waals surface area contributed by atoms with Crippen LogP contribution in [0.25, 0.3) is 10.9 Å². The Labute approximate surface area is 192 Å². The van der Waals surface area contributed by atoms with Gasteiger partial charge in [-0.05, 0) is 48.5 Å². The molecule has 0 atom stereocenters. The molecule has 7 heteroatoms. The monoisotopic (exact) mass is 439 g/mol. The van der Waals surface area contributed by atoms with Gasteiger partial charge >= 0.3 is 0 Å². The van der Waals surface area contributed by atoms with Crippen LogP contribution in [0.5, 0.6) is 11.5 Å². The molecule has 0 unspecified atom stereocenters. The molecule has 166 valence electrons. The van der Waals surface area contributed by atoms with E-state index in [2.05, 4.69) is 14.9 Å². The van der Waals surface area contributed by atoms with Gasteiger partial charge in [0.25, 0.3) is 5.91 Å². The molecule has 2 heterocycles. The lowest BCUT2D eigenvalue weighted by molar-refractivity contribution is 0.0625. The van der Waals surface area contributed by atoms with E-state index in [1.54, 1.807) is 0 Å². The molecule has 0 saturated carbocycles. The molecule has 1 fully saturated rings. The lowest BCUT2D eigenvalue weighted by Gasteiger charge is -2.34. The van der Waals surface area contributed by atoms with E-state index in [-0.39, 0.29) is 5.91 Å². The molecule has 7 nitrogen and oxygen atoms in total. The molecule has 3 aromatic carbocycles. The average Bonchev–Trinajstić information content (AvgIpc) is 2.85. The molecular weight excluding hydrogens is 414 g/mol. The van der Waals surface area contributed by atoms with Gasteiger partial charge in [0.2, 0.25) is 0 Å². The van der Waals surface area contributed by atoms with Crippen LogP contribution in [-0.2, 0) is 6.54 Å². The standard InChI is InChI=1S/C26H25N5O2/c27-25-22-8-4-5-9-23(22)28-24(29-25)18-30-14-16-31(17-15-30)26(32)19-10-12-21(13-11-19)33-20-6-2-1-3-7-20/h1-13H,14-18H2,(H2,27,28,29). The number of benzene rings is 3. The number of ether oxygens (including phenoxy) is 1. The number of aromatic nitrogens is 2. The SMILES string of the molecule is Nc1nc(CN2CCN(C(=O)c3ccc(Oc4ccccc4)cc3)CC2)nc2ccccc12. The van der Waals surface area contributed by atoms with Crippen molar-refractivity contribution in [1.29, 1.82) is 0 Å². The summed E-state index contributed by atoms with van der Waals surface area (Å²) in [5.41, 5.74) is 7.63. The van der Waals surface area contributed by atoms with Crippen molar-refractivity contribution < 1.29 is 9.53 Å². The number of para-hydroxylation sites is 2. The second-order valence-electron chi connectivity index (χ2n) is 8.05. The van der Waals surface area contributed by atoms with E-state index in [0.29, 0.717) is 42.6 Å². The number of hydrogen-bond donors (Lipinski definition) is 1. The van der Waals surface area contributed by atoms with Gasteiger partial charge in [0.1, 0.15) is 23.1 Å². The summed E-state index contributed by atoms with van der Waals surface area (Å²) in [5, 5.41) is 0.872. The maximum absolute atomic E-state index is 13.0. The summed E-state index contributed by atoms with van der Waals surface area (Å²) < 4.78 is 5.81. The zero-order chi connectivity index (χ0) is 22.6. The zero-order valence-corrected chi connectivity index (χ0v) is 18.2. The van der Waals surface area contributed by atoms with Crippen molar-refractivity contribution in [3.05, 3.63) is 90.3 Å². The summed E-state index contributed by atoms with van der Waals surface area (Å²) in [6.07, 6.45) is 0. The average molecular weight is 440 g/mol. The zero-order valence-electron chi connectivity index (χ0n) is 18.2. The van der Waals surface area contributed by atoms with Crippen LogP contribution < -0.4 is 10.5 Å². The fourth-order valence-corrected chi connectivity index (χ4v) is 4.00. The number of amides is 1. The predicted octanol–water partition coefficient (Wildman–Crippen LogP) is 3.96. The maximum atomic E-state index is 13.0. The van der Waals surface area contributed by atoms with Gasteiger partial charge in [-0.3, -0.25) is 9.69 Å². The summed E-state index contributed by atoms with van der Waals surface area (Å²) in [6, 6.07) is 24.6. The molecule has 4 aromatic rings. The fourth-order valence-electron chi connectivity index (χ4n) is 4.00. The predicted molar refractivity (Wildman–Crippen MR) is 128 cm³/mol. The number of nitrogens with two attached hydrogens (primary N) is 1. The number of nitrogens with zero attached hydrogens (tertiary/aromatic N) is 4. The minimum absolute atomic E-state index is 0.0344. The Balaban J connectivity index is 1.17. The molecule has 0 aliphatic carbocycles. The lowest BCUT2D eigenvalue weighted by Crippen LogP contribution is -2.48. The second kappa shape index (κ2) is 9.26. The summed E-state index contributed by atoms with van der Waals surface area (Å²) in [6.45, 7) is 3.45. The number of carbonyl (C=O) groups is 1. The highest BCUT2D eigenvalue weighted by Gasteiger charge is 2.23. The summed E-state index contributed by atoms with van der Waals surface area (Å²) in [7, 11) is 0. The van der Waals surface area contributed by atoms with Gasteiger partial charge in [-0.15, -0.1) is 0 Å². The number of hydrogen-bond acceptors (Lipinski definition) is 6. The molecule has 2 N–H and O–H groups in total. The van der Waals surface area contributed by atoms with E-state index in [4.69, 9.17) is 10.5 Å². The van der Waals surface area contributed by atoms with Crippen LogP contribution in [0.2, 0.25) is 0 Å². The van der Waals surface area contributed by atoms with E-state index in [9.17, 15) is 4.79 Å². The van der Waals surface area contributed by atoms with Gasteiger partial charge in [0, 0.05) is 37.1 Å². The van der Waals surface area contributed by atoms with Crippen LogP contribution in [0.15, 0.2) is 78.9 Å². The number of rotatable bonds is 5. The van der Waals surface area contributed by atoms with Crippen LogP contribution >= 0.6 is 0 Å². The van der Waals surface area contributed by atoms with Crippen molar-refractivity contribution >= 4 is 22.6 Å². The number of fused-ring (bicyclic) bond motifs is 1. The Bertz CT molecular complexity index is 1250. The van der Waals surface area contributed by atoms with Crippen LogP contribution in [0, 0.1) is 0 Å². The molecule has 1 saturated heterocycles. The molecule has 0 spiro atoms. The lowest BCUT2D eigenvalue weighted by atomic mass is 10.1. The molecule has 1 amide bonds. The van der Waals surface area contributed by atoms with E-state index < -0.39 is 0 Å². The second-order valence-corrected chi connectivity index (χ2v) is 8.05. The van der Waals surface area contributed by atoms with Crippen LogP contribution in [-0.4, -0.2) is 51.9 Å². The van der Waals surface area contributed by atoms with E-state index >= 15 is 0 Å². The molecular formula is C26H25N5O2. The van der Waals surface area contributed by atoms with E-state index in [0.717, 1.165) is 29.7 Å². The van der Waals surface area contributed by atoms with Gasteiger partial charge in [0.15, 0.2) is 0 Å². The summed E-state index contributed by atoms with van der Waals surface area (Å²) in [4.78, 5) is 26.2. The third kappa shape index (κ3) is 4.78. The van der Waals surface area contributed by atoms with E-state index in [1.165, 1.54) is 0 Å². The first-order valence-electron chi connectivity index (χ1n) is 11.0. The van der Waals surface area contributed by atoms with Gasteiger partial charge in [-0.25, -0.2) is 9.97 Å². The Morgan fingerprint density at radius 1 is 0.818 bits per heavy atom. The largest absolute Gasteiger partial charge is 0.457 e. The maximum Gasteiger partial charge on any atom is 0.253 e. The fraction of sp³-hybridized carbons (Fsp3) is 0.192. The first-order chi connectivity index (χ1) is 16.2. The molecule has 0 radical (unpaired) electrons. The van der Waals surface area contributed by atoms with Crippen molar-refractivity contribution in [2.24, 2.45) is 0 Å². The van der Waals surface area contributed by atoms with Crippen LogP contribution in [0.3, 0.4) is 0 Å². The smallest absolute Gasteiger partial charge is 0.253 e. The van der Waals surface area contributed by atoms with Crippen LogP contribution in [0.4, 0.5) is 5.82 Å². The summed E-state index contributed by atoms with van der Waals surface area (Å²) in [5.74, 6) is 2.72. The van der Waals surface area contributed by atoms with Crippen molar-refractivity contribution in [2.75, 3.05) is 31.9 Å². The third-order valence-electron chi connectivity index (χ3n) is 5.78. The number of nitrogen functional groups attached to an aromatic ring is 1. The highest BCUT2D eigenvalue weighted by molar-refractivity contribution is 5.94. The molecule has 1 aromatic heterocycles. The molecule has 33 heavy (non-hydrogen) atoms. The molecule has 1 aliphatic rings. The Hall–Kier alpha value is -3.97. The van der Waals surface area contributed by atoms with Gasteiger partial charge < -0.3 is 15.4 Å². The quantitative estimate of drug-likeness (QED) is 0.507. The molecule has 1 aliphatic heterocycles. The first kappa shape index (κ1) is 20.9. The van der Waals surface area contributed by atoms with Crippen molar-refractivity contribution in [2.45, 2.75) is 6.54 Å². The van der Waals surface area contributed by atoms with Crippen molar-refractivity contribution in [3.63, 3.8) is 0 Å². The minimum Gasteiger partial charge on any atom is -0.457 e.